The zero-order valence-corrected chi connectivity index (χ0v) is 17.0. The van der Waals surface area contributed by atoms with Gasteiger partial charge < -0.3 is 19.9 Å². The van der Waals surface area contributed by atoms with Gasteiger partial charge in [-0.1, -0.05) is 39.0 Å². The first-order chi connectivity index (χ1) is 13.3. The van der Waals surface area contributed by atoms with Crippen LogP contribution in [-0.4, -0.2) is 84.2 Å². The first-order valence-electron chi connectivity index (χ1n) is 10.0. The Hall–Kier alpha value is -2.12. The van der Waals surface area contributed by atoms with Crippen LogP contribution in [0.15, 0.2) is 30.3 Å². The smallest absolute Gasteiger partial charge is 0.321 e. The van der Waals surface area contributed by atoms with Crippen LogP contribution < -0.4 is 5.32 Å². The van der Waals surface area contributed by atoms with Crippen molar-refractivity contribution in [2.24, 2.45) is 5.41 Å². The molecule has 1 atom stereocenters. The number of nitrogens with one attached hydrogen (secondary N) is 1. The van der Waals surface area contributed by atoms with Crippen molar-refractivity contribution < 1.29 is 14.3 Å². The van der Waals surface area contributed by atoms with Gasteiger partial charge >= 0.3 is 6.03 Å². The van der Waals surface area contributed by atoms with E-state index in [1.54, 1.807) is 0 Å². The molecule has 0 unspecified atom stereocenters. The molecule has 3 saturated heterocycles. The number of carbonyl (C=O) groups is 2. The van der Waals surface area contributed by atoms with Crippen LogP contribution >= 0.6 is 0 Å². The molecule has 3 fully saturated rings. The van der Waals surface area contributed by atoms with Gasteiger partial charge in [-0.05, 0) is 12.1 Å². The molecular formula is C21H30N4O3. The maximum atomic E-state index is 12.9. The number of ether oxygens (including phenoxy) is 1. The van der Waals surface area contributed by atoms with Crippen LogP contribution in [0.2, 0.25) is 0 Å². The summed E-state index contributed by atoms with van der Waals surface area (Å²) < 4.78 is 5.70. The Morgan fingerprint density at radius 1 is 1.11 bits per heavy atom. The van der Waals surface area contributed by atoms with Gasteiger partial charge in [0.05, 0.1) is 24.8 Å². The number of likely N-dealkylation sites (tertiary alicyclic amines) is 1. The average molecular weight is 386 g/mol. The lowest BCUT2D eigenvalue weighted by Crippen LogP contribution is -2.82. The molecule has 7 nitrogen and oxygen atoms in total. The van der Waals surface area contributed by atoms with Gasteiger partial charge in [-0.15, -0.1) is 0 Å². The van der Waals surface area contributed by atoms with Crippen molar-refractivity contribution in [3.8, 4) is 0 Å². The highest BCUT2D eigenvalue weighted by molar-refractivity contribution is 5.89. The highest BCUT2D eigenvalue weighted by Gasteiger charge is 2.56. The largest absolute Gasteiger partial charge is 0.378 e. The molecule has 0 radical (unpaired) electrons. The molecule has 1 aromatic carbocycles. The van der Waals surface area contributed by atoms with Crippen LogP contribution in [0.5, 0.6) is 0 Å². The number of hydrogen-bond acceptors (Lipinski definition) is 4. The lowest BCUT2D eigenvalue weighted by Gasteiger charge is -2.63. The summed E-state index contributed by atoms with van der Waals surface area (Å²) in [5.74, 6) is 0.175. The third-order valence-electron chi connectivity index (χ3n) is 5.96. The van der Waals surface area contributed by atoms with E-state index < -0.39 is 0 Å². The number of carbonyl (C=O) groups excluding carboxylic acids is 2. The van der Waals surface area contributed by atoms with Crippen molar-refractivity contribution >= 4 is 17.6 Å². The summed E-state index contributed by atoms with van der Waals surface area (Å²) in [6.45, 7) is 10.7. The van der Waals surface area contributed by atoms with E-state index in [1.165, 1.54) is 0 Å². The standard InChI is InChI=1S/C21H30N4O3/c1-20(2,3)18(26)24-14-21(15-24)13-23(11-17-12-28-10-9-25(17)21)19(27)22-16-7-5-4-6-8-16/h4-8,17H,9-15H2,1-3H3,(H,22,27)/t17-/m1/s1. The van der Waals surface area contributed by atoms with E-state index in [2.05, 4.69) is 10.2 Å². The number of anilines is 1. The number of benzene rings is 1. The molecule has 0 bridgehead atoms. The topological polar surface area (TPSA) is 65.1 Å². The average Bonchev–Trinajstić information content (AvgIpc) is 2.64. The highest BCUT2D eigenvalue weighted by Crippen LogP contribution is 2.37. The lowest BCUT2D eigenvalue weighted by molar-refractivity contribution is -0.177. The van der Waals surface area contributed by atoms with Gasteiger partial charge in [0.25, 0.3) is 0 Å². The van der Waals surface area contributed by atoms with E-state index in [4.69, 9.17) is 4.74 Å². The summed E-state index contributed by atoms with van der Waals surface area (Å²) in [5, 5.41) is 3.00. The molecule has 3 amide bonds. The van der Waals surface area contributed by atoms with E-state index in [0.717, 1.165) is 12.2 Å². The molecule has 3 heterocycles. The Balaban J connectivity index is 1.49. The molecule has 1 aromatic rings. The second-order valence-electron chi connectivity index (χ2n) is 9.23. The molecule has 3 aliphatic heterocycles. The fraction of sp³-hybridized carbons (Fsp3) is 0.619. The molecule has 3 aliphatic rings. The highest BCUT2D eigenvalue weighted by atomic mass is 16.5. The number of fused-ring (bicyclic) bond motifs is 2. The number of amides is 3. The van der Waals surface area contributed by atoms with Gasteiger partial charge in [0, 0.05) is 43.8 Å². The van der Waals surface area contributed by atoms with Crippen LogP contribution in [0.3, 0.4) is 0 Å². The maximum absolute atomic E-state index is 12.9. The van der Waals surface area contributed by atoms with Gasteiger partial charge in [-0.25, -0.2) is 4.79 Å². The van der Waals surface area contributed by atoms with E-state index in [0.29, 0.717) is 39.4 Å². The molecule has 7 heteroatoms. The van der Waals surface area contributed by atoms with Gasteiger partial charge in [0.1, 0.15) is 0 Å². The Bertz CT molecular complexity index is 740. The van der Waals surface area contributed by atoms with Crippen molar-refractivity contribution in [1.82, 2.24) is 14.7 Å². The molecule has 152 valence electrons. The summed E-state index contributed by atoms with van der Waals surface area (Å²) in [6, 6.07) is 9.62. The van der Waals surface area contributed by atoms with Crippen molar-refractivity contribution in [3.63, 3.8) is 0 Å². The number of morpholine rings is 1. The third kappa shape index (κ3) is 3.49. The molecule has 0 aliphatic carbocycles. The summed E-state index contributed by atoms with van der Waals surface area (Å²) >= 11 is 0. The van der Waals surface area contributed by atoms with Crippen LogP contribution in [0, 0.1) is 5.41 Å². The van der Waals surface area contributed by atoms with Gasteiger partial charge in [0.15, 0.2) is 0 Å². The Labute approximate surface area is 166 Å². The van der Waals surface area contributed by atoms with E-state index >= 15 is 0 Å². The number of hydrogen-bond donors (Lipinski definition) is 1. The molecule has 28 heavy (non-hydrogen) atoms. The van der Waals surface area contributed by atoms with Crippen molar-refractivity contribution in [2.75, 3.05) is 51.3 Å². The van der Waals surface area contributed by atoms with E-state index in [9.17, 15) is 9.59 Å². The fourth-order valence-electron chi connectivity index (χ4n) is 4.64. The van der Waals surface area contributed by atoms with Crippen molar-refractivity contribution in [1.29, 1.82) is 0 Å². The minimum atomic E-state index is -0.384. The first-order valence-corrected chi connectivity index (χ1v) is 10.0. The Morgan fingerprint density at radius 3 is 2.46 bits per heavy atom. The van der Waals surface area contributed by atoms with E-state index in [1.807, 2.05) is 60.9 Å². The second-order valence-corrected chi connectivity index (χ2v) is 9.23. The van der Waals surface area contributed by atoms with Gasteiger partial charge in [-0.2, -0.15) is 0 Å². The van der Waals surface area contributed by atoms with Crippen LogP contribution in [-0.2, 0) is 9.53 Å². The van der Waals surface area contributed by atoms with Gasteiger partial charge in [-0.3, -0.25) is 9.69 Å². The number of nitrogens with zero attached hydrogens (tertiary/aromatic N) is 3. The lowest BCUT2D eigenvalue weighted by atomic mass is 9.80. The summed E-state index contributed by atoms with van der Waals surface area (Å²) in [5.41, 5.74) is 0.245. The molecule has 1 N–H and O–H groups in total. The molecule has 0 saturated carbocycles. The van der Waals surface area contributed by atoms with E-state index in [-0.39, 0.29) is 28.9 Å². The van der Waals surface area contributed by atoms with Crippen LogP contribution in [0.4, 0.5) is 10.5 Å². The quantitative estimate of drug-likeness (QED) is 0.800. The number of piperazine rings is 1. The summed E-state index contributed by atoms with van der Waals surface area (Å²) in [7, 11) is 0. The van der Waals surface area contributed by atoms with Crippen LogP contribution in [0.1, 0.15) is 20.8 Å². The Morgan fingerprint density at radius 2 is 1.79 bits per heavy atom. The minimum Gasteiger partial charge on any atom is -0.378 e. The second kappa shape index (κ2) is 7.04. The zero-order chi connectivity index (χ0) is 19.9. The zero-order valence-electron chi connectivity index (χ0n) is 17.0. The maximum Gasteiger partial charge on any atom is 0.321 e. The number of urea groups is 1. The fourth-order valence-corrected chi connectivity index (χ4v) is 4.64. The molecular weight excluding hydrogens is 356 g/mol. The normalized spacial score (nSPS) is 24.5. The van der Waals surface area contributed by atoms with Crippen molar-refractivity contribution in [2.45, 2.75) is 32.4 Å². The van der Waals surface area contributed by atoms with Gasteiger partial charge in [0.2, 0.25) is 5.91 Å². The SMILES string of the molecule is CC(C)(C)C(=O)N1CC2(CN(C(=O)Nc3ccccc3)C[C@@H]3COCCN32)C1. The number of rotatable bonds is 1. The minimum absolute atomic E-state index is 0.0867. The molecule has 0 aromatic heterocycles. The Kier molecular flexibility index (Phi) is 4.83. The van der Waals surface area contributed by atoms with Crippen molar-refractivity contribution in [3.05, 3.63) is 30.3 Å². The molecule has 1 spiro atoms. The third-order valence-corrected chi connectivity index (χ3v) is 5.96. The predicted octanol–water partition coefficient (Wildman–Crippen LogP) is 1.86. The number of para-hydroxylation sites is 1. The monoisotopic (exact) mass is 386 g/mol. The van der Waals surface area contributed by atoms with Crippen LogP contribution in [0.25, 0.3) is 0 Å². The first kappa shape index (κ1) is 19.2. The summed E-state index contributed by atoms with van der Waals surface area (Å²) in [6.07, 6.45) is 0. The summed E-state index contributed by atoms with van der Waals surface area (Å²) in [4.78, 5) is 31.9. The molecule has 4 rings (SSSR count). The predicted molar refractivity (Wildman–Crippen MR) is 107 cm³/mol.